The molecule has 0 fully saturated rings. The summed E-state index contributed by atoms with van der Waals surface area (Å²) in [7, 11) is 0.0278. The Kier molecular flexibility index (Phi) is 7.35. The van der Waals surface area contributed by atoms with Crippen LogP contribution in [0.25, 0.3) is 0 Å². The number of rotatable bonds is 1. The van der Waals surface area contributed by atoms with E-state index in [4.69, 9.17) is 27.3 Å². The topological polar surface area (TPSA) is 20.2 Å². The van der Waals surface area contributed by atoms with Crippen LogP contribution in [-0.4, -0.2) is 13.2 Å². The van der Waals surface area contributed by atoms with Gasteiger partial charge in [0.1, 0.15) is 5.75 Å². The van der Waals surface area contributed by atoms with E-state index in [9.17, 15) is 0 Å². The minimum absolute atomic E-state index is 0.0278. The van der Waals surface area contributed by atoms with Crippen LogP contribution in [0.2, 0.25) is 0 Å². The number of aromatic hydroxyl groups is 1. The van der Waals surface area contributed by atoms with E-state index in [2.05, 4.69) is 0 Å². The molecule has 0 aromatic heterocycles. The van der Waals surface area contributed by atoms with Crippen LogP contribution in [-0.2, 0) is 6.42 Å². The molecule has 0 unspecified atom stereocenters. The molecule has 0 saturated heterocycles. The number of phenolic OH excluding ortho intramolecular Hbond substituents is 1. The molecule has 0 aliphatic heterocycles. The molecule has 4 heteroatoms. The first-order chi connectivity index (χ1) is 5.76. The standard InChI is InChI=1S/C8H10O.Cl2Si/c1-2-7-5-3-4-6-8(7)9;1-3-2/h3-6,9H,2H2,1H3;. The zero-order valence-electron chi connectivity index (χ0n) is 6.72. The van der Waals surface area contributed by atoms with Crippen molar-refractivity contribution in [2.24, 2.45) is 0 Å². The lowest BCUT2D eigenvalue weighted by molar-refractivity contribution is 0.469. The fourth-order valence-corrected chi connectivity index (χ4v) is 0.810. The van der Waals surface area contributed by atoms with Crippen molar-refractivity contribution < 1.29 is 5.11 Å². The highest BCUT2D eigenvalue weighted by Gasteiger charge is 1.92. The normalized spacial score (nSPS) is 8.58. The molecule has 1 nitrogen and oxygen atoms in total. The lowest BCUT2D eigenvalue weighted by Crippen LogP contribution is -1.77. The number of para-hydroxylation sites is 1. The molecule has 1 aromatic carbocycles. The second kappa shape index (κ2) is 7.47. The van der Waals surface area contributed by atoms with Gasteiger partial charge in [0.05, 0.1) is 0 Å². The Labute approximate surface area is 84.6 Å². The second-order valence-electron chi connectivity index (χ2n) is 2.05. The summed E-state index contributed by atoms with van der Waals surface area (Å²) in [4.78, 5) is 0. The quantitative estimate of drug-likeness (QED) is 0.571. The van der Waals surface area contributed by atoms with Crippen LogP contribution >= 0.6 is 22.2 Å². The highest BCUT2D eigenvalue weighted by Crippen LogP contribution is 2.14. The van der Waals surface area contributed by atoms with E-state index in [1.54, 1.807) is 6.07 Å². The molecule has 0 bridgehead atoms. The SMILES string of the molecule is CCc1ccccc1O.Cl[Si]Cl. The van der Waals surface area contributed by atoms with Gasteiger partial charge < -0.3 is 5.11 Å². The lowest BCUT2D eigenvalue weighted by atomic mass is 10.1. The number of phenols is 1. The van der Waals surface area contributed by atoms with Gasteiger partial charge in [-0.1, -0.05) is 25.1 Å². The van der Waals surface area contributed by atoms with Crippen LogP contribution in [0, 0.1) is 0 Å². The minimum Gasteiger partial charge on any atom is -0.508 e. The Bertz CT molecular complexity index is 218. The number of hydrogen-bond acceptors (Lipinski definition) is 1. The summed E-state index contributed by atoms with van der Waals surface area (Å²) in [6.45, 7) is 2.02. The van der Waals surface area contributed by atoms with Gasteiger partial charge in [-0.2, -0.15) is 0 Å². The molecule has 0 aliphatic rings. The summed E-state index contributed by atoms with van der Waals surface area (Å²) in [5, 5.41) is 9.11. The third-order valence-electron chi connectivity index (χ3n) is 1.37. The largest absolute Gasteiger partial charge is 0.508 e. The van der Waals surface area contributed by atoms with Gasteiger partial charge in [0, 0.05) is 0 Å². The molecule has 0 amide bonds. The molecule has 0 saturated carbocycles. The van der Waals surface area contributed by atoms with Gasteiger partial charge in [-0.3, -0.25) is 0 Å². The molecule has 0 aliphatic carbocycles. The average molecular weight is 221 g/mol. The molecule has 1 N–H and O–H groups in total. The van der Waals surface area contributed by atoms with E-state index in [0.29, 0.717) is 5.75 Å². The van der Waals surface area contributed by atoms with Crippen LogP contribution in [0.5, 0.6) is 5.75 Å². The van der Waals surface area contributed by atoms with Crippen LogP contribution < -0.4 is 0 Å². The maximum Gasteiger partial charge on any atom is 0.295 e. The Hall–Kier alpha value is -0.183. The van der Waals surface area contributed by atoms with E-state index in [0.717, 1.165) is 12.0 Å². The summed E-state index contributed by atoms with van der Waals surface area (Å²) in [6, 6.07) is 7.39. The lowest BCUT2D eigenvalue weighted by Gasteiger charge is -1.97. The molecule has 0 spiro atoms. The number of benzene rings is 1. The Morgan fingerprint density at radius 1 is 1.33 bits per heavy atom. The Morgan fingerprint density at radius 2 is 1.83 bits per heavy atom. The van der Waals surface area contributed by atoms with E-state index >= 15 is 0 Å². The molecule has 1 aromatic rings. The van der Waals surface area contributed by atoms with E-state index in [-0.39, 0.29) is 8.14 Å². The first-order valence-corrected chi connectivity index (χ1v) is 6.51. The first-order valence-electron chi connectivity index (χ1n) is 3.49. The van der Waals surface area contributed by atoms with E-state index in [1.165, 1.54) is 0 Å². The second-order valence-corrected chi connectivity index (χ2v) is 3.91. The maximum absolute atomic E-state index is 9.11. The minimum atomic E-state index is 0.0278. The van der Waals surface area contributed by atoms with Gasteiger partial charge in [0.15, 0.2) is 0 Å². The summed E-state index contributed by atoms with van der Waals surface area (Å²) >= 11 is 9.58. The van der Waals surface area contributed by atoms with Crippen molar-refractivity contribution in [1.82, 2.24) is 0 Å². The molecular formula is C8H10Cl2OSi. The molecule has 0 heterocycles. The predicted molar refractivity (Wildman–Crippen MR) is 54.9 cm³/mol. The van der Waals surface area contributed by atoms with Crippen LogP contribution in [0.4, 0.5) is 0 Å². The monoisotopic (exact) mass is 220 g/mol. The smallest absolute Gasteiger partial charge is 0.295 e. The van der Waals surface area contributed by atoms with Crippen LogP contribution in [0.3, 0.4) is 0 Å². The first kappa shape index (κ1) is 11.8. The number of halogens is 2. The molecule has 12 heavy (non-hydrogen) atoms. The van der Waals surface area contributed by atoms with Crippen molar-refractivity contribution in [3.8, 4) is 5.75 Å². The summed E-state index contributed by atoms with van der Waals surface area (Å²) in [6.07, 6.45) is 0.896. The predicted octanol–water partition coefficient (Wildman–Crippen LogP) is 2.95. The van der Waals surface area contributed by atoms with Gasteiger partial charge in [-0.15, -0.1) is 22.2 Å². The highest BCUT2D eigenvalue weighted by atomic mass is 35.7. The van der Waals surface area contributed by atoms with Crippen LogP contribution in [0.1, 0.15) is 12.5 Å². The fraction of sp³-hybridized carbons (Fsp3) is 0.250. The van der Waals surface area contributed by atoms with Crippen molar-refractivity contribution in [3.63, 3.8) is 0 Å². The van der Waals surface area contributed by atoms with E-state index in [1.807, 2.05) is 25.1 Å². The molecule has 1 rings (SSSR count). The third-order valence-corrected chi connectivity index (χ3v) is 1.37. The van der Waals surface area contributed by atoms with Gasteiger partial charge in [0.2, 0.25) is 0 Å². The van der Waals surface area contributed by atoms with E-state index < -0.39 is 0 Å². The van der Waals surface area contributed by atoms with Gasteiger partial charge in [-0.05, 0) is 18.1 Å². The zero-order valence-corrected chi connectivity index (χ0v) is 9.23. The van der Waals surface area contributed by atoms with Gasteiger partial charge in [-0.25, -0.2) is 0 Å². The number of aryl methyl sites for hydroxylation is 1. The van der Waals surface area contributed by atoms with Gasteiger partial charge >= 0.3 is 0 Å². The van der Waals surface area contributed by atoms with Crippen molar-refractivity contribution in [1.29, 1.82) is 0 Å². The van der Waals surface area contributed by atoms with Crippen molar-refractivity contribution in [3.05, 3.63) is 29.8 Å². The summed E-state index contributed by atoms with van der Waals surface area (Å²) < 4.78 is 0. The molecule has 0 atom stereocenters. The number of hydrogen-bond donors (Lipinski definition) is 1. The molecule has 2 radical (unpaired) electrons. The Morgan fingerprint density at radius 3 is 2.17 bits per heavy atom. The molecular weight excluding hydrogens is 211 g/mol. The summed E-state index contributed by atoms with van der Waals surface area (Å²) in [5.41, 5.74) is 1.01. The highest BCUT2D eigenvalue weighted by molar-refractivity contribution is 7.22. The van der Waals surface area contributed by atoms with Crippen molar-refractivity contribution in [2.45, 2.75) is 13.3 Å². The van der Waals surface area contributed by atoms with Crippen molar-refractivity contribution in [2.75, 3.05) is 0 Å². The van der Waals surface area contributed by atoms with Gasteiger partial charge in [0.25, 0.3) is 8.14 Å². The fourth-order valence-electron chi connectivity index (χ4n) is 0.810. The average Bonchev–Trinajstić information content (AvgIpc) is 2.07. The molecule has 66 valence electrons. The third kappa shape index (κ3) is 4.65. The maximum atomic E-state index is 9.11. The zero-order chi connectivity index (χ0) is 9.40. The van der Waals surface area contributed by atoms with Crippen LogP contribution in [0.15, 0.2) is 24.3 Å². The summed E-state index contributed by atoms with van der Waals surface area (Å²) in [5.74, 6) is 0.403. The Balaban J connectivity index is 0.000000354. The van der Waals surface area contributed by atoms with Crippen molar-refractivity contribution >= 4 is 30.3 Å².